The fourth-order valence-corrected chi connectivity index (χ4v) is 2.38. The molecular weight excluding hydrogens is 258 g/mol. The molecule has 0 unspecified atom stereocenters. The number of nitrogens with zero attached hydrogens (tertiary/aromatic N) is 2. The van der Waals surface area contributed by atoms with Gasteiger partial charge in [0, 0.05) is 11.8 Å². The molecule has 1 aliphatic rings. The highest BCUT2D eigenvalue weighted by Gasteiger charge is 2.19. The van der Waals surface area contributed by atoms with E-state index in [1.807, 2.05) is 0 Å². The molecule has 0 saturated heterocycles. The van der Waals surface area contributed by atoms with Crippen molar-refractivity contribution in [2.45, 2.75) is 32.6 Å². The van der Waals surface area contributed by atoms with Crippen molar-refractivity contribution in [3.63, 3.8) is 0 Å². The number of nitro benzene ring substituents is 1. The van der Waals surface area contributed by atoms with Crippen molar-refractivity contribution < 1.29 is 9.72 Å². The predicted molar refractivity (Wildman–Crippen MR) is 75.6 cm³/mol. The lowest BCUT2D eigenvalue weighted by Crippen LogP contribution is -2.23. The number of hydrogen-bond donors (Lipinski definition) is 1. The zero-order valence-corrected chi connectivity index (χ0v) is 11.3. The van der Waals surface area contributed by atoms with Crippen LogP contribution in [0.25, 0.3) is 0 Å². The van der Waals surface area contributed by atoms with E-state index in [0.717, 1.165) is 25.0 Å². The Morgan fingerprint density at radius 3 is 2.90 bits per heavy atom. The van der Waals surface area contributed by atoms with E-state index in [4.69, 9.17) is 0 Å². The standard InChI is InChI=1S/C14H17N3O3/c1-10-5-4-6-11(9-10)15-16-14(18)12-7-2-3-8-13(12)17(19)20/h2-3,7-8,10H,4-6,9H2,1H3,(H,16,18)/b15-11-/t10-/m0/s1. The van der Waals surface area contributed by atoms with Gasteiger partial charge in [-0.25, -0.2) is 5.43 Å². The molecule has 0 bridgehead atoms. The van der Waals surface area contributed by atoms with Crippen molar-refractivity contribution in [1.82, 2.24) is 5.43 Å². The molecule has 0 aliphatic heterocycles. The maximum atomic E-state index is 12.0. The Labute approximate surface area is 117 Å². The topological polar surface area (TPSA) is 84.6 Å². The van der Waals surface area contributed by atoms with E-state index in [-0.39, 0.29) is 11.3 Å². The van der Waals surface area contributed by atoms with Crippen molar-refractivity contribution in [2.24, 2.45) is 11.0 Å². The van der Waals surface area contributed by atoms with Crippen LogP contribution in [0, 0.1) is 16.0 Å². The van der Waals surface area contributed by atoms with E-state index in [1.54, 1.807) is 6.07 Å². The molecule has 1 atom stereocenters. The number of nitrogens with one attached hydrogen (secondary N) is 1. The Kier molecular flexibility index (Phi) is 4.45. The van der Waals surface area contributed by atoms with Crippen LogP contribution in [0.2, 0.25) is 0 Å². The van der Waals surface area contributed by atoms with Gasteiger partial charge in [0.15, 0.2) is 0 Å². The summed E-state index contributed by atoms with van der Waals surface area (Å²) in [6, 6.07) is 5.86. The van der Waals surface area contributed by atoms with Crippen LogP contribution < -0.4 is 5.43 Å². The lowest BCUT2D eigenvalue weighted by Gasteiger charge is -2.18. The molecule has 1 aromatic rings. The number of para-hydroxylation sites is 1. The Bertz CT molecular complexity index is 554. The fourth-order valence-electron chi connectivity index (χ4n) is 2.38. The third kappa shape index (κ3) is 3.40. The number of hydrogen-bond acceptors (Lipinski definition) is 4. The normalized spacial score (nSPS) is 20.6. The molecule has 2 rings (SSSR count). The number of benzene rings is 1. The average Bonchev–Trinajstić information content (AvgIpc) is 2.45. The summed E-state index contributed by atoms with van der Waals surface area (Å²) in [7, 11) is 0. The van der Waals surface area contributed by atoms with Gasteiger partial charge in [0.2, 0.25) is 0 Å². The second-order valence-corrected chi connectivity index (χ2v) is 5.09. The number of hydrazone groups is 1. The summed E-state index contributed by atoms with van der Waals surface area (Å²) >= 11 is 0. The van der Waals surface area contributed by atoms with Gasteiger partial charge in [-0.05, 0) is 37.7 Å². The van der Waals surface area contributed by atoms with E-state index < -0.39 is 10.8 Å². The van der Waals surface area contributed by atoms with Crippen LogP contribution in [-0.2, 0) is 0 Å². The summed E-state index contributed by atoms with van der Waals surface area (Å²) in [5.41, 5.74) is 3.21. The van der Waals surface area contributed by atoms with Crippen molar-refractivity contribution in [2.75, 3.05) is 0 Å². The summed E-state index contributed by atoms with van der Waals surface area (Å²) in [5, 5.41) is 15.0. The van der Waals surface area contributed by atoms with E-state index in [2.05, 4.69) is 17.5 Å². The first kappa shape index (κ1) is 14.2. The van der Waals surface area contributed by atoms with Gasteiger partial charge >= 0.3 is 0 Å². The van der Waals surface area contributed by atoms with E-state index >= 15 is 0 Å². The van der Waals surface area contributed by atoms with Gasteiger partial charge in [0.25, 0.3) is 11.6 Å². The molecule has 6 nitrogen and oxygen atoms in total. The molecule has 20 heavy (non-hydrogen) atoms. The minimum atomic E-state index is -0.565. The van der Waals surface area contributed by atoms with Gasteiger partial charge in [-0.15, -0.1) is 0 Å². The molecule has 0 aromatic heterocycles. The lowest BCUT2D eigenvalue weighted by atomic mass is 9.89. The molecule has 1 N–H and O–H groups in total. The second-order valence-electron chi connectivity index (χ2n) is 5.09. The van der Waals surface area contributed by atoms with Gasteiger partial charge in [-0.2, -0.15) is 5.10 Å². The SMILES string of the molecule is C[C@H]1CCC/C(=N/NC(=O)c2ccccc2[N+](=O)[O-])C1. The van der Waals surface area contributed by atoms with E-state index in [0.29, 0.717) is 5.92 Å². The highest BCUT2D eigenvalue weighted by Crippen LogP contribution is 2.21. The molecule has 1 amide bonds. The molecule has 1 fully saturated rings. The molecule has 1 aromatic carbocycles. The summed E-state index contributed by atoms with van der Waals surface area (Å²) in [6.45, 7) is 2.15. The minimum absolute atomic E-state index is 0.0331. The Hall–Kier alpha value is -2.24. The summed E-state index contributed by atoms with van der Waals surface area (Å²) in [5.74, 6) is 0.0356. The zero-order chi connectivity index (χ0) is 14.5. The number of rotatable bonds is 3. The van der Waals surface area contributed by atoms with Crippen LogP contribution in [0.3, 0.4) is 0 Å². The van der Waals surface area contributed by atoms with Crippen LogP contribution >= 0.6 is 0 Å². The highest BCUT2D eigenvalue weighted by molar-refractivity contribution is 5.99. The number of carbonyl (C=O) groups excluding carboxylic acids is 1. The predicted octanol–water partition coefficient (Wildman–Crippen LogP) is 2.89. The van der Waals surface area contributed by atoms with Gasteiger partial charge in [0.1, 0.15) is 5.56 Å². The Morgan fingerprint density at radius 2 is 2.20 bits per heavy atom. The van der Waals surface area contributed by atoms with Gasteiger partial charge in [-0.1, -0.05) is 19.1 Å². The number of carbonyl (C=O) groups is 1. The van der Waals surface area contributed by atoms with Crippen LogP contribution in [0.15, 0.2) is 29.4 Å². The smallest absolute Gasteiger partial charge is 0.267 e. The summed E-state index contributed by atoms with van der Waals surface area (Å²) in [6.07, 6.45) is 4.00. The van der Waals surface area contributed by atoms with E-state index in [1.165, 1.54) is 24.6 Å². The van der Waals surface area contributed by atoms with Crippen LogP contribution in [0.1, 0.15) is 43.0 Å². The van der Waals surface area contributed by atoms with Crippen LogP contribution in [-0.4, -0.2) is 16.5 Å². The lowest BCUT2D eigenvalue weighted by molar-refractivity contribution is -0.385. The third-order valence-corrected chi connectivity index (χ3v) is 3.41. The maximum Gasteiger partial charge on any atom is 0.282 e. The molecule has 1 aliphatic carbocycles. The monoisotopic (exact) mass is 275 g/mol. The van der Waals surface area contributed by atoms with Gasteiger partial charge in [-0.3, -0.25) is 14.9 Å². The van der Waals surface area contributed by atoms with Gasteiger partial charge in [0.05, 0.1) is 4.92 Å². The maximum absolute atomic E-state index is 12.0. The second kappa shape index (κ2) is 6.27. The molecule has 0 spiro atoms. The molecule has 1 saturated carbocycles. The third-order valence-electron chi connectivity index (χ3n) is 3.41. The molecule has 106 valence electrons. The van der Waals surface area contributed by atoms with Gasteiger partial charge < -0.3 is 0 Å². The molecule has 6 heteroatoms. The van der Waals surface area contributed by atoms with Crippen molar-refractivity contribution in [3.05, 3.63) is 39.9 Å². The van der Waals surface area contributed by atoms with Crippen molar-refractivity contribution in [1.29, 1.82) is 0 Å². The largest absolute Gasteiger partial charge is 0.282 e. The van der Waals surface area contributed by atoms with Crippen LogP contribution in [0.4, 0.5) is 5.69 Å². The first-order valence-corrected chi connectivity index (χ1v) is 6.67. The zero-order valence-electron chi connectivity index (χ0n) is 11.3. The minimum Gasteiger partial charge on any atom is -0.267 e. The first-order chi connectivity index (χ1) is 9.58. The molecule has 0 radical (unpaired) electrons. The first-order valence-electron chi connectivity index (χ1n) is 6.67. The van der Waals surface area contributed by atoms with Crippen LogP contribution in [0.5, 0.6) is 0 Å². The summed E-state index contributed by atoms with van der Waals surface area (Å²) < 4.78 is 0. The van der Waals surface area contributed by atoms with Crippen molar-refractivity contribution in [3.8, 4) is 0 Å². The molecule has 0 heterocycles. The van der Waals surface area contributed by atoms with E-state index in [9.17, 15) is 14.9 Å². The highest BCUT2D eigenvalue weighted by atomic mass is 16.6. The Morgan fingerprint density at radius 1 is 1.45 bits per heavy atom. The fraction of sp³-hybridized carbons (Fsp3) is 0.429. The number of nitro groups is 1. The number of amides is 1. The van der Waals surface area contributed by atoms with Crippen molar-refractivity contribution >= 4 is 17.3 Å². The molecular formula is C14H17N3O3. The average molecular weight is 275 g/mol. The summed E-state index contributed by atoms with van der Waals surface area (Å²) in [4.78, 5) is 22.3. The Balaban J connectivity index is 2.09. The quantitative estimate of drug-likeness (QED) is 0.680.